The van der Waals surface area contributed by atoms with Crippen LogP contribution in [0.3, 0.4) is 0 Å². The smallest absolute Gasteiger partial charge is 0.0823 e. The van der Waals surface area contributed by atoms with E-state index in [-0.39, 0.29) is 6.10 Å². The quantitative estimate of drug-likeness (QED) is 0.615. The molecular weight excluding hydrogens is 176 g/mol. The molecule has 86 valence electrons. The maximum atomic E-state index is 5.64. The van der Waals surface area contributed by atoms with Gasteiger partial charge in [0, 0.05) is 19.7 Å². The van der Waals surface area contributed by atoms with Crippen LogP contribution in [0.1, 0.15) is 33.6 Å². The lowest BCUT2D eigenvalue weighted by atomic mass is 10.2. The largest absolute Gasteiger partial charge is 0.376 e. The minimum atomic E-state index is 0.205. The van der Waals surface area contributed by atoms with Gasteiger partial charge >= 0.3 is 0 Å². The Hall–Kier alpha value is -0.120. The molecule has 0 aromatic heterocycles. The molecule has 3 nitrogen and oxygen atoms in total. The third-order valence-corrected chi connectivity index (χ3v) is 2.40. The van der Waals surface area contributed by atoms with E-state index in [1.807, 2.05) is 6.92 Å². The summed E-state index contributed by atoms with van der Waals surface area (Å²) in [6, 6.07) is 0. The van der Waals surface area contributed by atoms with E-state index in [1.165, 1.54) is 12.8 Å². The number of hydrogen-bond donors (Lipinski definition) is 1. The van der Waals surface area contributed by atoms with Gasteiger partial charge in [0.2, 0.25) is 0 Å². The fourth-order valence-corrected chi connectivity index (χ4v) is 1.48. The molecule has 0 radical (unpaired) electrons. The van der Waals surface area contributed by atoms with Crippen molar-refractivity contribution in [3.8, 4) is 0 Å². The van der Waals surface area contributed by atoms with Gasteiger partial charge in [-0.25, -0.2) is 0 Å². The molecule has 0 saturated carbocycles. The topological polar surface area (TPSA) is 38.5 Å². The summed E-state index contributed by atoms with van der Waals surface area (Å²) in [5.74, 6) is 0. The standard InChI is InChI=1S/C11H26N2O/c1-4-7-8-13(5-2)10-11(9-12)14-6-3/h11H,4-10,12H2,1-3H3. The normalized spacial score (nSPS) is 13.5. The molecular formula is C11H26N2O. The minimum absolute atomic E-state index is 0.205. The van der Waals surface area contributed by atoms with Crippen molar-refractivity contribution in [2.45, 2.75) is 39.7 Å². The first-order chi connectivity index (χ1) is 6.78. The van der Waals surface area contributed by atoms with Gasteiger partial charge in [-0.05, 0) is 26.4 Å². The van der Waals surface area contributed by atoms with Crippen molar-refractivity contribution in [3.05, 3.63) is 0 Å². The highest BCUT2D eigenvalue weighted by atomic mass is 16.5. The predicted octanol–water partition coefficient (Wildman–Crippen LogP) is 1.47. The van der Waals surface area contributed by atoms with Gasteiger partial charge in [-0.3, -0.25) is 0 Å². The number of ether oxygens (including phenoxy) is 1. The van der Waals surface area contributed by atoms with Crippen LogP contribution in [0.5, 0.6) is 0 Å². The first-order valence-corrected chi connectivity index (χ1v) is 5.82. The van der Waals surface area contributed by atoms with Gasteiger partial charge in [0.15, 0.2) is 0 Å². The summed E-state index contributed by atoms with van der Waals surface area (Å²) in [6.07, 6.45) is 2.71. The first-order valence-electron chi connectivity index (χ1n) is 5.82. The average molecular weight is 202 g/mol. The van der Waals surface area contributed by atoms with Gasteiger partial charge in [0.05, 0.1) is 6.10 Å². The van der Waals surface area contributed by atoms with E-state index < -0.39 is 0 Å². The Morgan fingerprint density at radius 1 is 1.29 bits per heavy atom. The number of rotatable bonds is 9. The van der Waals surface area contributed by atoms with E-state index in [0.29, 0.717) is 6.54 Å². The second-order valence-corrected chi connectivity index (χ2v) is 3.56. The molecule has 0 saturated heterocycles. The molecule has 0 fully saturated rings. The number of unbranched alkanes of at least 4 members (excludes halogenated alkanes) is 1. The van der Waals surface area contributed by atoms with Crippen molar-refractivity contribution in [2.75, 3.05) is 32.8 Å². The van der Waals surface area contributed by atoms with E-state index in [0.717, 1.165) is 26.2 Å². The van der Waals surface area contributed by atoms with Gasteiger partial charge in [-0.15, -0.1) is 0 Å². The van der Waals surface area contributed by atoms with Crippen LogP contribution in [0.25, 0.3) is 0 Å². The number of nitrogens with zero attached hydrogens (tertiary/aromatic N) is 1. The fraction of sp³-hybridized carbons (Fsp3) is 1.00. The molecule has 0 aliphatic heterocycles. The lowest BCUT2D eigenvalue weighted by Crippen LogP contribution is -2.38. The highest BCUT2D eigenvalue weighted by Crippen LogP contribution is 1.99. The molecule has 0 spiro atoms. The van der Waals surface area contributed by atoms with Crippen LogP contribution in [0, 0.1) is 0 Å². The summed E-state index contributed by atoms with van der Waals surface area (Å²) in [4.78, 5) is 2.41. The highest BCUT2D eigenvalue weighted by Gasteiger charge is 2.10. The number of hydrogen-bond acceptors (Lipinski definition) is 3. The molecule has 0 aromatic carbocycles. The maximum absolute atomic E-state index is 5.64. The van der Waals surface area contributed by atoms with Crippen LogP contribution < -0.4 is 5.73 Å². The summed E-state index contributed by atoms with van der Waals surface area (Å²) in [5, 5.41) is 0. The molecule has 0 rings (SSSR count). The zero-order chi connectivity index (χ0) is 10.8. The molecule has 14 heavy (non-hydrogen) atoms. The zero-order valence-corrected chi connectivity index (χ0v) is 9.96. The van der Waals surface area contributed by atoms with Crippen molar-refractivity contribution in [2.24, 2.45) is 5.73 Å². The maximum Gasteiger partial charge on any atom is 0.0823 e. The zero-order valence-electron chi connectivity index (χ0n) is 9.96. The minimum Gasteiger partial charge on any atom is -0.376 e. The molecule has 0 heterocycles. The van der Waals surface area contributed by atoms with Crippen molar-refractivity contribution >= 4 is 0 Å². The van der Waals surface area contributed by atoms with Crippen LogP contribution in [-0.4, -0.2) is 43.8 Å². The Morgan fingerprint density at radius 3 is 2.43 bits per heavy atom. The van der Waals surface area contributed by atoms with Crippen LogP contribution in [0.4, 0.5) is 0 Å². The molecule has 3 heteroatoms. The van der Waals surface area contributed by atoms with Gasteiger partial charge in [-0.2, -0.15) is 0 Å². The monoisotopic (exact) mass is 202 g/mol. The van der Waals surface area contributed by atoms with E-state index in [4.69, 9.17) is 10.5 Å². The van der Waals surface area contributed by atoms with E-state index in [9.17, 15) is 0 Å². The molecule has 0 amide bonds. The molecule has 0 aromatic rings. The molecule has 0 aliphatic carbocycles. The molecule has 0 bridgehead atoms. The van der Waals surface area contributed by atoms with E-state index in [1.54, 1.807) is 0 Å². The first kappa shape index (κ1) is 13.9. The Morgan fingerprint density at radius 2 is 2.00 bits per heavy atom. The Kier molecular flexibility index (Phi) is 9.35. The SMILES string of the molecule is CCCCN(CC)CC(CN)OCC. The molecule has 1 atom stereocenters. The van der Waals surface area contributed by atoms with Crippen molar-refractivity contribution in [1.29, 1.82) is 0 Å². The number of likely N-dealkylation sites (N-methyl/N-ethyl adjacent to an activating group) is 1. The lowest BCUT2D eigenvalue weighted by molar-refractivity contribution is 0.0401. The van der Waals surface area contributed by atoms with Crippen LogP contribution in [0.2, 0.25) is 0 Å². The summed E-state index contributed by atoms with van der Waals surface area (Å²) in [6.45, 7) is 11.0. The third-order valence-electron chi connectivity index (χ3n) is 2.40. The second-order valence-electron chi connectivity index (χ2n) is 3.56. The van der Waals surface area contributed by atoms with E-state index >= 15 is 0 Å². The van der Waals surface area contributed by atoms with Crippen LogP contribution in [-0.2, 0) is 4.74 Å². The van der Waals surface area contributed by atoms with Crippen LogP contribution >= 0.6 is 0 Å². The molecule has 1 unspecified atom stereocenters. The summed E-state index contributed by atoms with van der Waals surface area (Å²) in [5.41, 5.74) is 5.64. The van der Waals surface area contributed by atoms with Crippen molar-refractivity contribution in [3.63, 3.8) is 0 Å². The fourth-order valence-electron chi connectivity index (χ4n) is 1.48. The Balaban J connectivity index is 3.75. The lowest BCUT2D eigenvalue weighted by Gasteiger charge is -2.25. The van der Waals surface area contributed by atoms with Crippen molar-refractivity contribution < 1.29 is 4.74 Å². The average Bonchev–Trinajstić information content (AvgIpc) is 2.22. The molecule has 0 aliphatic rings. The Labute approximate surface area is 88.6 Å². The van der Waals surface area contributed by atoms with Gasteiger partial charge in [-0.1, -0.05) is 20.3 Å². The van der Waals surface area contributed by atoms with Crippen molar-refractivity contribution in [1.82, 2.24) is 4.90 Å². The summed E-state index contributed by atoms with van der Waals surface area (Å²) >= 11 is 0. The second kappa shape index (κ2) is 9.44. The van der Waals surface area contributed by atoms with Gasteiger partial charge < -0.3 is 15.4 Å². The molecule has 2 N–H and O–H groups in total. The third kappa shape index (κ3) is 6.35. The predicted molar refractivity (Wildman–Crippen MR) is 61.5 cm³/mol. The van der Waals surface area contributed by atoms with Gasteiger partial charge in [0.1, 0.15) is 0 Å². The Bertz CT molecular complexity index is 120. The summed E-state index contributed by atoms with van der Waals surface area (Å²) in [7, 11) is 0. The van der Waals surface area contributed by atoms with Crippen LogP contribution in [0.15, 0.2) is 0 Å². The summed E-state index contributed by atoms with van der Waals surface area (Å²) < 4.78 is 5.54. The highest BCUT2D eigenvalue weighted by molar-refractivity contribution is 4.65. The van der Waals surface area contributed by atoms with E-state index in [2.05, 4.69) is 18.7 Å². The van der Waals surface area contributed by atoms with Gasteiger partial charge in [0.25, 0.3) is 0 Å². The number of nitrogens with two attached hydrogens (primary N) is 1.